The first kappa shape index (κ1) is 23.4. The van der Waals surface area contributed by atoms with Gasteiger partial charge in [-0.25, -0.2) is 8.42 Å². The summed E-state index contributed by atoms with van der Waals surface area (Å²) >= 11 is 6.14. The molecule has 2 aromatic rings. The van der Waals surface area contributed by atoms with Crippen molar-refractivity contribution in [3.63, 3.8) is 0 Å². The molecule has 0 atom stereocenters. The number of methoxy groups -OCH3 is 1. The Morgan fingerprint density at radius 3 is 2.32 bits per heavy atom. The molecule has 0 saturated carbocycles. The Kier molecular flexibility index (Phi) is 7.46. The molecule has 0 aromatic heterocycles. The molecule has 1 heterocycles. The fourth-order valence-electron chi connectivity index (χ4n) is 3.63. The van der Waals surface area contributed by atoms with Gasteiger partial charge in [0.05, 0.1) is 18.6 Å². The molecule has 168 valence electrons. The summed E-state index contributed by atoms with van der Waals surface area (Å²) in [5, 5.41) is 0.682. The van der Waals surface area contributed by atoms with Crippen LogP contribution in [0.3, 0.4) is 0 Å². The van der Waals surface area contributed by atoms with Gasteiger partial charge in [0, 0.05) is 43.4 Å². The number of likely N-dealkylation sites (N-methyl/N-ethyl adjacent to an activating group) is 1. The number of carbonyl (C=O) groups excluding carboxylic acids is 1. The van der Waals surface area contributed by atoms with Gasteiger partial charge in [-0.3, -0.25) is 4.79 Å². The Morgan fingerprint density at radius 2 is 1.74 bits per heavy atom. The lowest BCUT2D eigenvalue weighted by atomic mass is 10.1. The summed E-state index contributed by atoms with van der Waals surface area (Å²) in [4.78, 5) is 16.9. The van der Waals surface area contributed by atoms with Crippen LogP contribution in [0.2, 0.25) is 5.02 Å². The number of nitrogens with zero attached hydrogens (tertiary/aromatic N) is 3. The molecular formula is C22H28ClN3O4S. The van der Waals surface area contributed by atoms with Crippen LogP contribution in [0, 0.1) is 6.92 Å². The molecular weight excluding hydrogens is 438 g/mol. The van der Waals surface area contributed by atoms with Crippen LogP contribution in [0.15, 0.2) is 47.4 Å². The molecule has 9 heteroatoms. The maximum atomic E-state index is 13.0. The van der Waals surface area contributed by atoms with Crippen molar-refractivity contribution in [1.82, 2.24) is 9.21 Å². The number of carbonyl (C=O) groups is 1. The molecule has 0 N–H and O–H groups in total. The van der Waals surface area contributed by atoms with Crippen LogP contribution >= 0.6 is 11.6 Å². The van der Waals surface area contributed by atoms with E-state index < -0.39 is 10.0 Å². The minimum atomic E-state index is -3.77. The Balaban J connectivity index is 1.64. The fourth-order valence-corrected chi connectivity index (χ4v) is 5.20. The topological polar surface area (TPSA) is 70.2 Å². The standard InChI is InChI=1S/C22H28ClN3O4S/c1-4-26(31(28,29)20-9-7-19(30-3)8-10-20)16-22(27)25-13-11-24(12-14-25)21-15-18(23)6-5-17(21)2/h5-10,15H,4,11-14,16H2,1-3H3. The second-order valence-electron chi connectivity index (χ2n) is 7.41. The minimum Gasteiger partial charge on any atom is -0.497 e. The first-order valence-corrected chi connectivity index (χ1v) is 12.0. The van der Waals surface area contributed by atoms with E-state index in [1.165, 1.54) is 23.5 Å². The maximum Gasteiger partial charge on any atom is 0.243 e. The molecule has 31 heavy (non-hydrogen) atoms. The van der Waals surface area contributed by atoms with Crippen molar-refractivity contribution in [3.8, 4) is 5.75 Å². The van der Waals surface area contributed by atoms with Crippen LogP contribution in [0.5, 0.6) is 5.75 Å². The molecule has 1 aliphatic rings. The number of piperazine rings is 1. The number of hydrogen-bond donors (Lipinski definition) is 0. The van der Waals surface area contributed by atoms with Crippen molar-refractivity contribution in [2.24, 2.45) is 0 Å². The third-order valence-corrected chi connectivity index (χ3v) is 7.68. The zero-order chi connectivity index (χ0) is 22.6. The molecule has 0 aliphatic carbocycles. The Hall–Kier alpha value is -2.29. The van der Waals surface area contributed by atoms with Crippen molar-refractivity contribution >= 4 is 33.2 Å². The van der Waals surface area contributed by atoms with Gasteiger partial charge in [0.25, 0.3) is 0 Å². The van der Waals surface area contributed by atoms with Crippen molar-refractivity contribution in [2.75, 3.05) is 51.3 Å². The van der Waals surface area contributed by atoms with E-state index in [0.717, 1.165) is 11.3 Å². The van der Waals surface area contributed by atoms with Crippen LogP contribution in [0.4, 0.5) is 5.69 Å². The average molecular weight is 466 g/mol. The number of rotatable bonds is 7. The van der Waals surface area contributed by atoms with Gasteiger partial charge in [-0.2, -0.15) is 4.31 Å². The summed E-state index contributed by atoms with van der Waals surface area (Å²) in [7, 11) is -2.25. The first-order chi connectivity index (χ1) is 14.8. The Morgan fingerprint density at radius 1 is 1.10 bits per heavy atom. The Bertz CT molecular complexity index is 1020. The monoisotopic (exact) mass is 465 g/mol. The zero-order valence-electron chi connectivity index (χ0n) is 18.0. The predicted molar refractivity (Wildman–Crippen MR) is 122 cm³/mol. The molecule has 1 amide bonds. The van der Waals surface area contributed by atoms with Crippen LogP contribution in [0.1, 0.15) is 12.5 Å². The van der Waals surface area contributed by atoms with Gasteiger partial charge >= 0.3 is 0 Å². The lowest BCUT2D eigenvalue weighted by Crippen LogP contribution is -2.52. The molecule has 1 fully saturated rings. The summed E-state index contributed by atoms with van der Waals surface area (Å²) < 4.78 is 32.3. The van der Waals surface area contributed by atoms with Gasteiger partial charge in [0.1, 0.15) is 5.75 Å². The van der Waals surface area contributed by atoms with Crippen molar-refractivity contribution in [3.05, 3.63) is 53.1 Å². The second-order valence-corrected chi connectivity index (χ2v) is 9.78. The SMILES string of the molecule is CCN(CC(=O)N1CCN(c2cc(Cl)ccc2C)CC1)S(=O)(=O)c1ccc(OC)cc1. The highest BCUT2D eigenvalue weighted by Crippen LogP contribution is 2.25. The van der Waals surface area contributed by atoms with Gasteiger partial charge in [0.15, 0.2) is 0 Å². The maximum absolute atomic E-state index is 13.0. The fraction of sp³-hybridized carbons (Fsp3) is 0.409. The normalized spacial score (nSPS) is 14.7. The summed E-state index contributed by atoms with van der Waals surface area (Å²) in [6, 6.07) is 12.0. The number of benzene rings is 2. The van der Waals surface area contributed by atoms with E-state index in [-0.39, 0.29) is 23.9 Å². The molecule has 0 radical (unpaired) electrons. The molecule has 1 aliphatic heterocycles. The van der Waals surface area contributed by atoms with E-state index in [1.54, 1.807) is 24.0 Å². The zero-order valence-corrected chi connectivity index (χ0v) is 19.6. The molecule has 3 rings (SSSR count). The number of hydrogen-bond acceptors (Lipinski definition) is 5. The molecule has 1 saturated heterocycles. The van der Waals surface area contributed by atoms with E-state index in [0.29, 0.717) is 37.0 Å². The molecule has 0 spiro atoms. The van der Waals surface area contributed by atoms with E-state index in [9.17, 15) is 13.2 Å². The summed E-state index contributed by atoms with van der Waals surface area (Å²) in [6.45, 7) is 6.20. The summed E-state index contributed by atoms with van der Waals surface area (Å²) in [5.41, 5.74) is 2.20. The van der Waals surface area contributed by atoms with Crippen molar-refractivity contribution < 1.29 is 17.9 Å². The number of halogens is 1. The number of sulfonamides is 1. The van der Waals surface area contributed by atoms with Gasteiger partial charge in [0.2, 0.25) is 15.9 Å². The molecule has 7 nitrogen and oxygen atoms in total. The largest absolute Gasteiger partial charge is 0.497 e. The smallest absolute Gasteiger partial charge is 0.243 e. The van der Waals surface area contributed by atoms with Crippen LogP contribution in [-0.2, 0) is 14.8 Å². The average Bonchev–Trinajstić information content (AvgIpc) is 2.79. The highest BCUT2D eigenvalue weighted by atomic mass is 35.5. The quantitative estimate of drug-likeness (QED) is 0.628. The number of amides is 1. The first-order valence-electron chi connectivity index (χ1n) is 10.2. The molecule has 0 unspecified atom stereocenters. The third-order valence-electron chi connectivity index (χ3n) is 5.51. The van der Waals surface area contributed by atoms with Crippen LogP contribution < -0.4 is 9.64 Å². The third kappa shape index (κ3) is 5.31. The van der Waals surface area contributed by atoms with Crippen LogP contribution in [0.25, 0.3) is 0 Å². The minimum absolute atomic E-state index is 0.143. The highest BCUT2D eigenvalue weighted by molar-refractivity contribution is 7.89. The number of aryl methyl sites for hydroxylation is 1. The Labute approximate surface area is 189 Å². The van der Waals surface area contributed by atoms with Crippen molar-refractivity contribution in [1.29, 1.82) is 0 Å². The summed E-state index contributed by atoms with van der Waals surface area (Å²) in [5.74, 6) is 0.382. The van der Waals surface area contributed by atoms with Gasteiger partial charge < -0.3 is 14.5 Å². The van der Waals surface area contributed by atoms with E-state index in [4.69, 9.17) is 16.3 Å². The van der Waals surface area contributed by atoms with Gasteiger partial charge in [-0.05, 0) is 48.9 Å². The van der Waals surface area contributed by atoms with E-state index >= 15 is 0 Å². The van der Waals surface area contributed by atoms with Gasteiger partial charge in [-0.1, -0.05) is 24.6 Å². The van der Waals surface area contributed by atoms with E-state index in [1.807, 2.05) is 25.1 Å². The molecule has 0 bridgehead atoms. The van der Waals surface area contributed by atoms with Crippen molar-refractivity contribution in [2.45, 2.75) is 18.7 Å². The molecule has 2 aromatic carbocycles. The second kappa shape index (κ2) is 9.89. The number of ether oxygens (including phenoxy) is 1. The van der Waals surface area contributed by atoms with E-state index in [2.05, 4.69) is 4.90 Å². The highest BCUT2D eigenvalue weighted by Gasteiger charge is 2.29. The predicted octanol–water partition coefficient (Wildman–Crippen LogP) is 3.02. The van der Waals surface area contributed by atoms with Crippen LogP contribution in [-0.4, -0.2) is 69.9 Å². The summed E-state index contributed by atoms with van der Waals surface area (Å²) in [6.07, 6.45) is 0. The number of anilines is 1. The van der Waals surface area contributed by atoms with Gasteiger partial charge in [-0.15, -0.1) is 0 Å². The lowest BCUT2D eigenvalue weighted by molar-refractivity contribution is -0.131. The lowest BCUT2D eigenvalue weighted by Gasteiger charge is -2.37.